The molecule has 4 N–H and O–H groups in total. The van der Waals surface area contributed by atoms with Crippen LogP contribution < -0.4 is 4.74 Å². The predicted octanol–water partition coefficient (Wildman–Crippen LogP) is 13.4. The molecular weight excluding hydrogens is 965 g/mol. The van der Waals surface area contributed by atoms with Crippen LogP contribution in [0.15, 0.2) is 146 Å². The van der Waals surface area contributed by atoms with Gasteiger partial charge in [0.25, 0.3) is 0 Å². The van der Waals surface area contributed by atoms with Crippen LogP contribution in [0.1, 0.15) is 99.4 Å². The second-order valence-electron chi connectivity index (χ2n) is 20.5. The average molecular weight is 1030 g/mol. The molecule has 0 radical (unpaired) electrons. The number of hydrogen-bond acceptors (Lipinski definition) is 10. The lowest BCUT2D eigenvalue weighted by molar-refractivity contribution is 0.0601. The van der Waals surface area contributed by atoms with Gasteiger partial charge < -0.3 is 44.1 Å². The lowest BCUT2D eigenvalue weighted by Crippen LogP contribution is -2.29. The van der Waals surface area contributed by atoms with E-state index in [-0.39, 0.29) is 49.4 Å². The largest absolute Gasteiger partial charge is 0.507 e. The summed E-state index contributed by atoms with van der Waals surface area (Å²) in [5, 5.41) is 48.1. The number of methoxy groups -OCH3 is 4. The van der Waals surface area contributed by atoms with Crippen LogP contribution in [0, 0.1) is 27.7 Å². The van der Waals surface area contributed by atoms with Crippen LogP contribution in [0.2, 0.25) is 0 Å². The van der Waals surface area contributed by atoms with Crippen molar-refractivity contribution in [2.45, 2.75) is 65.0 Å². The number of benzene rings is 9. The highest BCUT2D eigenvalue weighted by Gasteiger charge is 2.50. The highest BCUT2D eigenvalue weighted by molar-refractivity contribution is 6.05. The Balaban J connectivity index is 1.09. The van der Waals surface area contributed by atoms with Crippen LogP contribution >= 0.6 is 0 Å². The summed E-state index contributed by atoms with van der Waals surface area (Å²) in [5.41, 5.74) is 14.7. The average Bonchev–Trinajstić information content (AvgIpc) is 4.18. The molecule has 11 rings (SSSR count). The lowest BCUT2D eigenvalue weighted by Gasteiger charge is -2.35. The van der Waals surface area contributed by atoms with E-state index < -0.39 is 16.8 Å². The minimum atomic E-state index is -1.05. The predicted molar refractivity (Wildman–Crippen MR) is 298 cm³/mol. The Bertz CT molecular complexity index is 3810. The van der Waals surface area contributed by atoms with E-state index in [9.17, 15) is 25.2 Å². The molecule has 0 heterocycles. The van der Waals surface area contributed by atoms with Crippen LogP contribution in [-0.4, -0.2) is 54.8 Å². The molecule has 9 aromatic rings. The van der Waals surface area contributed by atoms with E-state index in [0.717, 1.165) is 77.5 Å². The Labute approximate surface area is 448 Å². The van der Waals surface area contributed by atoms with E-state index in [1.54, 1.807) is 27.4 Å². The number of ether oxygens (including phenoxy) is 5. The summed E-state index contributed by atoms with van der Waals surface area (Å²) in [5.74, 6) is 0.720. The number of carbonyl (C=O) groups excluding carboxylic acids is 1. The van der Waals surface area contributed by atoms with E-state index in [1.165, 1.54) is 7.11 Å². The highest BCUT2D eigenvalue weighted by Crippen LogP contribution is 2.61. The smallest absolute Gasteiger partial charge is 0.338 e. The molecule has 0 fully saturated rings. The van der Waals surface area contributed by atoms with Crippen LogP contribution in [0.5, 0.6) is 28.7 Å². The molecule has 9 aromatic carbocycles. The zero-order valence-corrected chi connectivity index (χ0v) is 44.4. The van der Waals surface area contributed by atoms with Crippen LogP contribution in [0.25, 0.3) is 33.0 Å². The number of rotatable bonds is 14. The molecule has 77 heavy (non-hydrogen) atoms. The molecule has 1 atom stereocenters. The molecule has 1 unspecified atom stereocenters. The molecule has 388 valence electrons. The minimum Gasteiger partial charge on any atom is -0.507 e. The molecule has 0 amide bonds. The standard InChI is InChI=1S/C67H60O10/c1-37-24-46(28-42(33-73-5)61(37)68)66(55-17-11-9-14-51(55)59-53(65(72)76-8)16-13-19-57(59)66)49-27-40(4)64(71)45(31-49)36-77-50-22-20-41-21-23-58-60(54(41)32-50)52-15-10-12-18-56(52)67(58,47-25-38(2)62(69)43(29-47)34-74-6)48-26-39(3)63(70)44(30-48)35-75-7/h9-32,68-71H,33-36H2,1-8H3. The van der Waals surface area contributed by atoms with Gasteiger partial charge in [-0.05, 0) is 164 Å². The monoisotopic (exact) mass is 1020 g/mol. The van der Waals surface area contributed by atoms with Crippen molar-refractivity contribution in [1.82, 2.24) is 0 Å². The second-order valence-corrected chi connectivity index (χ2v) is 20.5. The molecule has 0 bridgehead atoms. The fourth-order valence-electron chi connectivity index (χ4n) is 12.7. The Hall–Kier alpha value is -8.41. The van der Waals surface area contributed by atoms with Crippen LogP contribution in [-0.2, 0) is 56.2 Å². The van der Waals surface area contributed by atoms with E-state index in [1.807, 2.05) is 100 Å². The maximum atomic E-state index is 13.6. The number of phenols is 4. The lowest BCUT2D eigenvalue weighted by atomic mass is 9.66. The molecule has 0 aliphatic heterocycles. The molecule has 10 heteroatoms. The zero-order valence-electron chi connectivity index (χ0n) is 44.4. The van der Waals surface area contributed by atoms with Gasteiger partial charge in [-0.25, -0.2) is 4.79 Å². The fourth-order valence-corrected chi connectivity index (χ4v) is 12.7. The van der Waals surface area contributed by atoms with E-state index in [0.29, 0.717) is 55.8 Å². The van der Waals surface area contributed by atoms with Gasteiger partial charge in [0.1, 0.15) is 35.4 Å². The Morgan fingerprint density at radius 1 is 0.429 bits per heavy atom. The second kappa shape index (κ2) is 19.6. The van der Waals surface area contributed by atoms with Crippen molar-refractivity contribution in [3.05, 3.63) is 240 Å². The maximum Gasteiger partial charge on any atom is 0.338 e. The maximum absolute atomic E-state index is 13.6. The van der Waals surface area contributed by atoms with Gasteiger partial charge in [0, 0.05) is 49.1 Å². The third kappa shape index (κ3) is 7.76. The molecule has 0 spiro atoms. The number of hydrogen-bond donors (Lipinski definition) is 4. The molecule has 2 aliphatic carbocycles. The first kappa shape index (κ1) is 50.7. The van der Waals surface area contributed by atoms with Crippen molar-refractivity contribution in [2.75, 3.05) is 28.4 Å². The minimum absolute atomic E-state index is 0.00199. The van der Waals surface area contributed by atoms with Gasteiger partial charge in [-0.1, -0.05) is 103 Å². The highest BCUT2D eigenvalue weighted by atomic mass is 16.5. The number of fused-ring (bicyclic) bond motifs is 8. The number of phenolic OH excluding ortho intramolecular Hbond substituents is 4. The van der Waals surface area contributed by atoms with Gasteiger partial charge in [-0.3, -0.25) is 0 Å². The summed E-state index contributed by atoms with van der Waals surface area (Å²) in [6.07, 6.45) is 0. The van der Waals surface area contributed by atoms with Crippen molar-refractivity contribution in [3.8, 4) is 51.0 Å². The van der Waals surface area contributed by atoms with Crippen molar-refractivity contribution in [2.24, 2.45) is 0 Å². The van der Waals surface area contributed by atoms with Crippen molar-refractivity contribution >= 4 is 16.7 Å². The van der Waals surface area contributed by atoms with Gasteiger partial charge in [-0.15, -0.1) is 0 Å². The third-order valence-corrected chi connectivity index (χ3v) is 16.0. The van der Waals surface area contributed by atoms with Crippen LogP contribution in [0.3, 0.4) is 0 Å². The number of esters is 1. The summed E-state index contributed by atoms with van der Waals surface area (Å²) in [7, 11) is 6.22. The van der Waals surface area contributed by atoms with E-state index in [2.05, 4.69) is 66.7 Å². The summed E-state index contributed by atoms with van der Waals surface area (Å²) in [4.78, 5) is 13.6. The molecule has 0 saturated heterocycles. The Morgan fingerprint density at radius 3 is 1.29 bits per heavy atom. The van der Waals surface area contributed by atoms with Crippen molar-refractivity contribution in [3.63, 3.8) is 0 Å². The quantitative estimate of drug-likeness (QED) is 0.0777. The van der Waals surface area contributed by atoms with E-state index >= 15 is 0 Å². The van der Waals surface area contributed by atoms with E-state index in [4.69, 9.17) is 23.7 Å². The van der Waals surface area contributed by atoms with Gasteiger partial charge in [0.15, 0.2) is 0 Å². The molecule has 0 aromatic heterocycles. The number of aryl methyl sites for hydroxylation is 4. The van der Waals surface area contributed by atoms with Gasteiger partial charge in [0.05, 0.1) is 43.3 Å². The summed E-state index contributed by atoms with van der Waals surface area (Å²) in [6, 6.07) is 48.7. The first-order chi connectivity index (χ1) is 37.2. The molecule has 0 saturated carbocycles. The third-order valence-electron chi connectivity index (χ3n) is 16.0. The molecular formula is C67H60O10. The fraction of sp³-hybridized carbons (Fsp3) is 0.209. The van der Waals surface area contributed by atoms with Crippen LogP contribution in [0.4, 0.5) is 0 Å². The van der Waals surface area contributed by atoms with Crippen molar-refractivity contribution in [1.29, 1.82) is 0 Å². The number of carbonyl (C=O) groups is 1. The SMILES string of the molecule is COCc1cc(C2(c3cc(C)c(O)c(COc4ccc5ccc6c(c5c4)-c4ccccc4C6(c4cc(C)c(O)c(COC)c4)c4cc(C)c(O)c(COC)c4)c3)c3ccccc3-c3c(C(=O)OC)cccc32)cc(C)c1O. The summed E-state index contributed by atoms with van der Waals surface area (Å²) < 4.78 is 29.1. The van der Waals surface area contributed by atoms with Crippen molar-refractivity contribution < 1.29 is 48.9 Å². The first-order valence-corrected chi connectivity index (χ1v) is 25.6. The summed E-state index contributed by atoms with van der Waals surface area (Å²) in [6.45, 7) is 8.14. The Kier molecular flexibility index (Phi) is 12.9. The summed E-state index contributed by atoms with van der Waals surface area (Å²) >= 11 is 0. The molecule has 10 nitrogen and oxygen atoms in total. The number of aromatic hydroxyl groups is 4. The molecule has 2 aliphatic rings. The van der Waals surface area contributed by atoms with Gasteiger partial charge in [0.2, 0.25) is 0 Å². The van der Waals surface area contributed by atoms with Gasteiger partial charge >= 0.3 is 5.97 Å². The topological polar surface area (TPSA) is 144 Å². The van der Waals surface area contributed by atoms with Gasteiger partial charge in [-0.2, -0.15) is 0 Å². The zero-order chi connectivity index (χ0) is 54.1. The normalized spacial score (nSPS) is 14.8. The Morgan fingerprint density at radius 2 is 0.831 bits per heavy atom. The first-order valence-electron chi connectivity index (χ1n) is 25.6.